The van der Waals surface area contributed by atoms with Crippen LogP contribution in [-0.2, 0) is 4.79 Å². The zero-order valence-electron chi connectivity index (χ0n) is 9.68. The molecule has 1 aliphatic carbocycles. The number of nitrogens with zero attached hydrogens (tertiary/aromatic N) is 1. The zero-order chi connectivity index (χ0) is 11.3. The number of nitrogens with one attached hydrogen (secondary N) is 1. The Morgan fingerprint density at radius 1 is 1.47 bits per heavy atom. The fraction of sp³-hybridized carbons (Fsp3) is 0.833. The number of carbonyl (C=O) groups excluding carboxylic acids is 1. The molecule has 1 saturated carbocycles. The molecule has 3 heteroatoms. The van der Waals surface area contributed by atoms with E-state index in [4.69, 9.17) is 5.26 Å². The van der Waals surface area contributed by atoms with Crippen LogP contribution >= 0.6 is 0 Å². The normalized spacial score (nSPS) is 16.6. The van der Waals surface area contributed by atoms with E-state index in [0.717, 1.165) is 6.54 Å². The van der Waals surface area contributed by atoms with E-state index in [0.29, 0.717) is 18.8 Å². The lowest BCUT2D eigenvalue weighted by molar-refractivity contribution is -0.128. The van der Waals surface area contributed by atoms with Gasteiger partial charge in [-0.05, 0) is 31.6 Å². The first-order valence-electron chi connectivity index (χ1n) is 5.88. The predicted molar refractivity (Wildman–Crippen MR) is 59.0 cm³/mol. The summed E-state index contributed by atoms with van der Waals surface area (Å²) in [5.74, 6) is 0.570. The molecule has 3 nitrogen and oxygen atoms in total. The molecule has 15 heavy (non-hydrogen) atoms. The summed E-state index contributed by atoms with van der Waals surface area (Å²) in [6.07, 6.45) is 4.91. The Hall–Kier alpha value is -1.04. The maximum absolute atomic E-state index is 11.9. The van der Waals surface area contributed by atoms with E-state index in [1.165, 1.54) is 19.3 Å². The standard InChI is InChI=1S/C12H20N2O/c1-3-12(4-2,9-13)11(15)14-8-10-6-5-7-10/h10H,3-8H2,1-2H3,(H,14,15). The van der Waals surface area contributed by atoms with Crippen molar-refractivity contribution < 1.29 is 4.79 Å². The van der Waals surface area contributed by atoms with Gasteiger partial charge >= 0.3 is 0 Å². The van der Waals surface area contributed by atoms with Crippen molar-refractivity contribution in [2.45, 2.75) is 46.0 Å². The second-order valence-corrected chi connectivity index (χ2v) is 4.41. The molecule has 0 saturated heterocycles. The Bertz CT molecular complexity index is 259. The molecule has 0 aromatic carbocycles. The monoisotopic (exact) mass is 208 g/mol. The summed E-state index contributed by atoms with van der Waals surface area (Å²) in [5, 5.41) is 12.0. The van der Waals surface area contributed by atoms with E-state index in [-0.39, 0.29) is 5.91 Å². The van der Waals surface area contributed by atoms with Gasteiger partial charge in [-0.3, -0.25) is 4.79 Å². The van der Waals surface area contributed by atoms with Gasteiger partial charge in [-0.25, -0.2) is 0 Å². The molecule has 84 valence electrons. The van der Waals surface area contributed by atoms with Crippen LogP contribution in [0.25, 0.3) is 0 Å². The Morgan fingerprint density at radius 2 is 2.07 bits per heavy atom. The molecule has 0 bridgehead atoms. The van der Waals surface area contributed by atoms with Crippen molar-refractivity contribution in [3.05, 3.63) is 0 Å². The molecule has 0 aromatic rings. The summed E-state index contributed by atoms with van der Waals surface area (Å²) in [7, 11) is 0. The molecule has 1 N–H and O–H groups in total. The maximum Gasteiger partial charge on any atom is 0.240 e. The minimum Gasteiger partial charge on any atom is -0.354 e. The number of nitriles is 1. The van der Waals surface area contributed by atoms with E-state index in [1.54, 1.807) is 0 Å². The average Bonchev–Trinajstić information content (AvgIpc) is 2.19. The van der Waals surface area contributed by atoms with E-state index >= 15 is 0 Å². The number of hydrogen-bond acceptors (Lipinski definition) is 2. The third-order valence-electron chi connectivity index (χ3n) is 3.63. The van der Waals surface area contributed by atoms with Crippen molar-refractivity contribution in [2.24, 2.45) is 11.3 Å². The summed E-state index contributed by atoms with van der Waals surface area (Å²) in [4.78, 5) is 11.9. The minimum absolute atomic E-state index is 0.0816. The summed E-state index contributed by atoms with van der Waals surface area (Å²) in [5.41, 5.74) is -0.802. The number of amides is 1. The second-order valence-electron chi connectivity index (χ2n) is 4.41. The first-order chi connectivity index (χ1) is 7.18. The molecule has 0 spiro atoms. The molecule has 1 fully saturated rings. The molecule has 0 unspecified atom stereocenters. The molecular formula is C12H20N2O. The molecule has 0 atom stereocenters. The molecule has 0 aromatic heterocycles. The lowest BCUT2D eigenvalue weighted by Crippen LogP contribution is -2.42. The van der Waals surface area contributed by atoms with Crippen LogP contribution in [0, 0.1) is 22.7 Å². The van der Waals surface area contributed by atoms with Gasteiger partial charge in [-0.15, -0.1) is 0 Å². The smallest absolute Gasteiger partial charge is 0.240 e. The molecule has 0 aliphatic heterocycles. The highest BCUT2D eigenvalue weighted by Gasteiger charge is 2.35. The number of hydrogen-bond donors (Lipinski definition) is 1. The van der Waals surface area contributed by atoms with Gasteiger partial charge in [-0.1, -0.05) is 20.3 Å². The quantitative estimate of drug-likeness (QED) is 0.753. The van der Waals surface area contributed by atoms with Gasteiger partial charge in [0.15, 0.2) is 0 Å². The van der Waals surface area contributed by atoms with Crippen LogP contribution in [-0.4, -0.2) is 12.5 Å². The van der Waals surface area contributed by atoms with Crippen LogP contribution in [0.5, 0.6) is 0 Å². The van der Waals surface area contributed by atoms with E-state index in [2.05, 4.69) is 11.4 Å². The van der Waals surface area contributed by atoms with Gasteiger partial charge < -0.3 is 5.32 Å². The number of rotatable bonds is 5. The molecule has 1 aliphatic rings. The van der Waals surface area contributed by atoms with Crippen molar-refractivity contribution in [3.63, 3.8) is 0 Å². The van der Waals surface area contributed by atoms with Crippen molar-refractivity contribution in [2.75, 3.05) is 6.54 Å². The fourth-order valence-electron chi connectivity index (χ4n) is 1.88. The lowest BCUT2D eigenvalue weighted by Gasteiger charge is -2.28. The Labute approximate surface area is 91.9 Å². The van der Waals surface area contributed by atoms with Gasteiger partial charge in [0.1, 0.15) is 5.41 Å². The van der Waals surface area contributed by atoms with Crippen LogP contribution in [0.15, 0.2) is 0 Å². The third kappa shape index (κ3) is 2.50. The minimum atomic E-state index is -0.802. The van der Waals surface area contributed by atoms with Gasteiger partial charge in [0.2, 0.25) is 5.91 Å². The highest BCUT2D eigenvalue weighted by Crippen LogP contribution is 2.28. The molecule has 1 amide bonds. The number of carbonyl (C=O) groups is 1. The summed E-state index contributed by atoms with van der Waals surface area (Å²) in [6.45, 7) is 4.55. The summed E-state index contributed by atoms with van der Waals surface area (Å²) in [6, 6.07) is 2.16. The van der Waals surface area contributed by atoms with E-state index < -0.39 is 5.41 Å². The maximum atomic E-state index is 11.9. The highest BCUT2D eigenvalue weighted by molar-refractivity contribution is 5.85. The van der Waals surface area contributed by atoms with E-state index in [9.17, 15) is 4.79 Å². The predicted octanol–water partition coefficient (Wildman–Crippen LogP) is 2.23. The second kappa shape index (κ2) is 5.16. The topological polar surface area (TPSA) is 52.9 Å². The van der Waals surface area contributed by atoms with Gasteiger partial charge in [0.25, 0.3) is 0 Å². The summed E-state index contributed by atoms with van der Waals surface area (Å²) >= 11 is 0. The van der Waals surface area contributed by atoms with Crippen LogP contribution in [0.4, 0.5) is 0 Å². The first-order valence-corrected chi connectivity index (χ1v) is 5.88. The Balaban J connectivity index is 2.45. The van der Waals surface area contributed by atoms with Crippen LogP contribution in [0.3, 0.4) is 0 Å². The van der Waals surface area contributed by atoms with Crippen molar-refractivity contribution in [3.8, 4) is 6.07 Å². The van der Waals surface area contributed by atoms with Gasteiger partial charge in [0, 0.05) is 6.54 Å². The van der Waals surface area contributed by atoms with Crippen molar-refractivity contribution in [1.29, 1.82) is 5.26 Å². The SMILES string of the molecule is CCC(C#N)(CC)C(=O)NCC1CCC1. The Kier molecular flexibility index (Phi) is 4.14. The lowest BCUT2D eigenvalue weighted by atomic mass is 9.82. The molecule has 1 rings (SSSR count). The average molecular weight is 208 g/mol. The molecule has 0 radical (unpaired) electrons. The molecular weight excluding hydrogens is 188 g/mol. The van der Waals surface area contributed by atoms with Crippen LogP contribution < -0.4 is 5.32 Å². The highest BCUT2D eigenvalue weighted by atomic mass is 16.2. The van der Waals surface area contributed by atoms with Crippen LogP contribution in [0.1, 0.15) is 46.0 Å². The first kappa shape index (κ1) is 12.0. The fourth-order valence-corrected chi connectivity index (χ4v) is 1.88. The van der Waals surface area contributed by atoms with Crippen molar-refractivity contribution >= 4 is 5.91 Å². The third-order valence-corrected chi connectivity index (χ3v) is 3.63. The largest absolute Gasteiger partial charge is 0.354 e. The Morgan fingerprint density at radius 3 is 2.40 bits per heavy atom. The zero-order valence-corrected chi connectivity index (χ0v) is 9.68. The van der Waals surface area contributed by atoms with Gasteiger partial charge in [0.05, 0.1) is 6.07 Å². The van der Waals surface area contributed by atoms with Gasteiger partial charge in [-0.2, -0.15) is 5.26 Å². The van der Waals surface area contributed by atoms with Crippen LogP contribution in [0.2, 0.25) is 0 Å². The van der Waals surface area contributed by atoms with Crippen molar-refractivity contribution in [1.82, 2.24) is 5.32 Å². The van der Waals surface area contributed by atoms with E-state index in [1.807, 2.05) is 13.8 Å². The summed E-state index contributed by atoms with van der Waals surface area (Å²) < 4.78 is 0. The molecule has 0 heterocycles.